The van der Waals surface area contributed by atoms with Crippen LogP contribution in [-0.4, -0.2) is 38.1 Å². The Balaban J connectivity index is 1.97. The minimum Gasteiger partial charge on any atom is -0.489 e. The number of hydrogen-bond acceptors (Lipinski definition) is 5. The lowest BCUT2D eigenvalue weighted by Gasteiger charge is -2.18. The second-order valence-electron chi connectivity index (χ2n) is 5.83. The van der Waals surface area contributed by atoms with Crippen molar-refractivity contribution in [2.24, 2.45) is 0 Å². The molecule has 0 fully saturated rings. The maximum atomic E-state index is 12.4. The first-order valence-electron chi connectivity index (χ1n) is 8.40. The van der Waals surface area contributed by atoms with Crippen molar-refractivity contribution in [1.82, 2.24) is 0 Å². The molecule has 0 aliphatic carbocycles. The number of ether oxygens (including phenoxy) is 2. The van der Waals surface area contributed by atoms with Crippen LogP contribution in [0.2, 0.25) is 0 Å². The van der Waals surface area contributed by atoms with Crippen LogP contribution < -0.4 is 15.4 Å². The molecule has 1 unspecified atom stereocenters. The Morgan fingerprint density at radius 1 is 1.04 bits per heavy atom. The fourth-order valence-corrected chi connectivity index (χ4v) is 2.28. The first-order chi connectivity index (χ1) is 12.5. The molecule has 0 spiro atoms. The summed E-state index contributed by atoms with van der Waals surface area (Å²) in [4.78, 5) is 23.7. The van der Waals surface area contributed by atoms with Gasteiger partial charge in [-0.25, -0.2) is 0 Å². The largest absolute Gasteiger partial charge is 0.489 e. The normalized spacial score (nSPS) is 11.5. The minimum atomic E-state index is -0.477. The van der Waals surface area contributed by atoms with Gasteiger partial charge in [-0.05, 0) is 50.2 Å². The highest BCUT2D eigenvalue weighted by Gasteiger charge is 2.15. The number of hydrogen-bond donors (Lipinski definition) is 2. The number of anilines is 2. The number of benzene rings is 2. The van der Waals surface area contributed by atoms with Crippen LogP contribution >= 0.6 is 0 Å². The van der Waals surface area contributed by atoms with Gasteiger partial charge in [0.2, 0.25) is 5.91 Å². The molecule has 6 nitrogen and oxygen atoms in total. The standard InChI is InChI=1S/C20H24N2O4/c1-14(20(24)22-17-10-8-16(9-11-17)15(2)23)21-18-6-4-5-7-19(18)26-13-12-25-3/h4-11,14,21H,12-13H2,1-3H3,(H,22,24). The van der Waals surface area contributed by atoms with E-state index >= 15 is 0 Å². The van der Waals surface area contributed by atoms with Crippen LogP contribution in [-0.2, 0) is 9.53 Å². The predicted octanol–water partition coefficient (Wildman–Crippen LogP) is 3.35. The van der Waals surface area contributed by atoms with E-state index in [1.54, 1.807) is 38.3 Å². The summed E-state index contributed by atoms with van der Waals surface area (Å²) in [5.41, 5.74) is 1.98. The Hall–Kier alpha value is -2.86. The van der Waals surface area contributed by atoms with Crippen LogP contribution in [0.15, 0.2) is 48.5 Å². The van der Waals surface area contributed by atoms with Crippen molar-refractivity contribution in [2.75, 3.05) is 31.0 Å². The maximum Gasteiger partial charge on any atom is 0.246 e. The van der Waals surface area contributed by atoms with Crippen molar-refractivity contribution in [1.29, 1.82) is 0 Å². The number of rotatable bonds is 9. The quantitative estimate of drug-likeness (QED) is 0.532. The summed E-state index contributed by atoms with van der Waals surface area (Å²) in [5, 5.41) is 5.98. The summed E-state index contributed by atoms with van der Waals surface area (Å²) in [6.07, 6.45) is 0. The van der Waals surface area contributed by atoms with Gasteiger partial charge in [-0.2, -0.15) is 0 Å². The number of carbonyl (C=O) groups excluding carboxylic acids is 2. The monoisotopic (exact) mass is 356 g/mol. The van der Waals surface area contributed by atoms with Crippen molar-refractivity contribution >= 4 is 23.1 Å². The second kappa shape index (κ2) is 9.58. The molecule has 2 rings (SSSR count). The third-order valence-electron chi connectivity index (χ3n) is 3.76. The van der Waals surface area contributed by atoms with Gasteiger partial charge >= 0.3 is 0 Å². The zero-order valence-corrected chi connectivity index (χ0v) is 15.2. The molecule has 26 heavy (non-hydrogen) atoms. The zero-order chi connectivity index (χ0) is 18.9. The smallest absolute Gasteiger partial charge is 0.246 e. The lowest BCUT2D eigenvalue weighted by molar-refractivity contribution is -0.116. The van der Waals surface area contributed by atoms with E-state index in [2.05, 4.69) is 10.6 Å². The number of methoxy groups -OCH3 is 1. The molecular weight excluding hydrogens is 332 g/mol. The summed E-state index contributed by atoms with van der Waals surface area (Å²) >= 11 is 0. The van der Waals surface area contributed by atoms with Crippen LogP contribution in [0, 0.1) is 0 Å². The number of amides is 1. The number of Topliss-reactive ketones (excluding diaryl/α,β-unsaturated/α-hetero) is 1. The van der Waals surface area contributed by atoms with E-state index in [1.807, 2.05) is 24.3 Å². The Bertz CT molecular complexity index is 744. The Morgan fingerprint density at radius 3 is 2.38 bits per heavy atom. The number of nitrogens with one attached hydrogen (secondary N) is 2. The summed E-state index contributed by atoms with van der Waals surface area (Å²) in [6, 6.07) is 13.8. The summed E-state index contributed by atoms with van der Waals surface area (Å²) in [6.45, 7) is 4.19. The Morgan fingerprint density at radius 2 is 1.73 bits per heavy atom. The fraction of sp³-hybridized carbons (Fsp3) is 0.300. The fourth-order valence-electron chi connectivity index (χ4n) is 2.28. The summed E-state index contributed by atoms with van der Waals surface area (Å²) in [5.74, 6) is 0.463. The van der Waals surface area contributed by atoms with Crippen molar-refractivity contribution in [3.8, 4) is 5.75 Å². The van der Waals surface area contributed by atoms with Crippen LogP contribution in [0.3, 0.4) is 0 Å². The highest BCUT2D eigenvalue weighted by atomic mass is 16.5. The summed E-state index contributed by atoms with van der Waals surface area (Å²) in [7, 11) is 1.61. The van der Waals surface area contributed by atoms with Gasteiger partial charge in [-0.15, -0.1) is 0 Å². The van der Waals surface area contributed by atoms with E-state index in [0.29, 0.717) is 30.2 Å². The molecular formula is C20H24N2O4. The molecule has 0 aliphatic rings. The first-order valence-corrected chi connectivity index (χ1v) is 8.40. The van der Waals surface area contributed by atoms with E-state index < -0.39 is 6.04 Å². The highest BCUT2D eigenvalue weighted by molar-refractivity contribution is 5.98. The molecule has 2 aromatic carbocycles. The zero-order valence-electron chi connectivity index (χ0n) is 15.2. The molecule has 2 aromatic rings. The van der Waals surface area contributed by atoms with Gasteiger partial charge < -0.3 is 20.1 Å². The molecule has 138 valence electrons. The maximum absolute atomic E-state index is 12.4. The van der Waals surface area contributed by atoms with E-state index in [4.69, 9.17) is 9.47 Å². The lowest BCUT2D eigenvalue weighted by Crippen LogP contribution is -2.32. The van der Waals surface area contributed by atoms with Gasteiger partial charge in [0.25, 0.3) is 0 Å². The predicted molar refractivity (Wildman–Crippen MR) is 102 cm³/mol. The molecule has 0 aromatic heterocycles. The van der Waals surface area contributed by atoms with E-state index in [1.165, 1.54) is 6.92 Å². The Labute approximate surface area is 153 Å². The molecule has 1 amide bonds. The van der Waals surface area contributed by atoms with Crippen molar-refractivity contribution in [3.63, 3.8) is 0 Å². The highest BCUT2D eigenvalue weighted by Crippen LogP contribution is 2.24. The van der Waals surface area contributed by atoms with Crippen molar-refractivity contribution in [2.45, 2.75) is 19.9 Å². The molecule has 0 bridgehead atoms. The average molecular weight is 356 g/mol. The van der Waals surface area contributed by atoms with E-state index in [0.717, 1.165) is 5.69 Å². The van der Waals surface area contributed by atoms with Crippen LogP contribution in [0.1, 0.15) is 24.2 Å². The second-order valence-corrected chi connectivity index (χ2v) is 5.83. The minimum absolute atomic E-state index is 0.0111. The van der Waals surface area contributed by atoms with Crippen molar-refractivity contribution < 1.29 is 19.1 Å². The van der Waals surface area contributed by atoms with Gasteiger partial charge in [0.05, 0.1) is 12.3 Å². The number of carbonyl (C=O) groups is 2. The van der Waals surface area contributed by atoms with Gasteiger partial charge in [0.15, 0.2) is 5.78 Å². The summed E-state index contributed by atoms with van der Waals surface area (Å²) < 4.78 is 10.6. The molecule has 0 aliphatic heterocycles. The van der Waals surface area contributed by atoms with Crippen LogP contribution in [0.5, 0.6) is 5.75 Å². The van der Waals surface area contributed by atoms with Gasteiger partial charge in [-0.1, -0.05) is 12.1 Å². The van der Waals surface area contributed by atoms with Gasteiger partial charge in [0.1, 0.15) is 18.4 Å². The molecule has 0 saturated heterocycles. The van der Waals surface area contributed by atoms with E-state index in [9.17, 15) is 9.59 Å². The topological polar surface area (TPSA) is 76.7 Å². The molecule has 0 saturated carbocycles. The third kappa shape index (κ3) is 5.60. The molecule has 1 atom stereocenters. The van der Waals surface area contributed by atoms with Gasteiger partial charge in [0, 0.05) is 18.4 Å². The first kappa shape index (κ1) is 19.5. The molecule has 2 N–H and O–H groups in total. The molecule has 6 heteroatoms. The van der Waals surface area contributed by atoms with Crippen molar-refractivity contribution in [3.05, 3.63) is 54.1 Å². The number of ketones is 1. The molecule has 0 heterocycles. The molecule has 0 radical (unpaired) electrons. The Kier molecular flexibility index (Phi) is 7.17. The SMILES string of the molecule is COCCOc1ccccc1NC(C)C(=O)Nc1ccc(C(C)=O)cc1. The third-order valence-corrected chi connectivity index (χ3v) is 3.76. The van der Waals surface area contributed by atoms with Crippen LogP contribution in [0.25, 0.3) is 0 Å². The number of para-hydroxylation sites is 2. The van der Waals surface area contributed by atoms with Gasteiger partial charge in [-0.3, -0.25) is 9.59 Å². The average Bonchev–Trinajstić information content (AvgIpc) is 2.63. The van der Waals surface area contributed by atoms with Crippen LogP contribution in [0.4, 0.5) is 11.4 Å². The lowest BCUT2D eigenvalue weighted by atomic mass is 10.1. The van der Waals surface area contributed by atoms with E-state index in [-0.39, 0.29) is 11.7 Å².